The molecule has 1 aliphatic rings. The van der Waals surface area contributed by atoms with E-state index in [9.17, 15) is 0 Å². The van der Waals surface area contributed by atoms with E-state index in [1.165, 1.54) is 11.1 Å². The van der Waals surface area contributed by atoms with E-state index in [1.807, 2.05) is 12.3 Å². The molecule has 134 valence electrons. The lowest BCUT2D eigenvalue weighted by Crippen LogP contribution is -2.27. The zero-order chi connectivity index (χ0) is 17.6. The van der Waals surface area contributed by atoms with Gasteiger partial charge in [-0.2, -0.15) is 0 Å². The molecule has 0 radical (unpaired) electrons. The predicted octanol–water partition coefficient (Wildman–Crippen LogP) is 3.36. The van der Waals surface area contributed by atoms with Crippen molar-refractivity contribution in [1.82, 2.24) is 14.8 Å². The summed E-state index contributed by atoms with van der Waals surface area (Å²) in [6, 6.07) is 12.8. The number of benzene rings is 1. The Morgan fingerprint density at radius 1 is 1.12 bits per heavy atom. The van der Waals surface area contributed by atoms with Gasteiger partial charge >= 0.3 is 0 Å². The summed E-state index contributed by atoms with van der Waals surface area (Å²) in [5, 5.41) is 0. The molecule has 3 rings (SSSR count). The number of rotatable bonds is 8. The summed E-state index contributed by atoms with van der Waals surface area (Å²) in [4.78, 5) is 9.24. The van der Waals surface area contributed by atoms with Crippen molar-refractivity contribution in [2.24, 2.45) is 0 Å². The molecule has 0 saturated heterocycles. The summed E-state index contributed by atoms with van der Waals surface area (Å²) in [6.45, 7) is 6.14. The van der Waals surface area contributed by atoms with E-state index in [0.29, 0.717) is 6.10 Å². The normalized spacial score (nSPS) is 16.3. The summed E-state index contributed by atoms with van der Waals surface area (Å²) in [7, 11) is 4.26. The monoisotopic (exact) mass is 339 g/mol. The first-order chi connectivity index (χ1) is 12.1. The zero-order valence-corrected chi connectivity index (χ0v) is 15.6. The van der Waals surface area contributed by atoms with Crippen LogP contribution in [-0.4, -0.2) is 48.1 Å². The van der Waals surface area contributed by atoms with Crippen LogP contribution in [0.4, 0.5) is 0 Å². The third kappa shape index (κ3) is 5.28. The van der Waals surface area contributed by atoms with Crippen LogP contribution in [-0.2, 0) is 19.5 Å². The molecule has 1 unspecified atom stereocenters. The van der Waals surface area contributed by atoms with Crippen molar-refractivity contribution in [2.75, 3.05) is 27.2 Å². The van der Waals surface area contributed by atoms with Crippen LogP contribution in [0.25, 0.3) is 0 Å². The number of pyridine rings is 1. The van der Waals surface area contributed by atoms with Crippen LogP contribution in [0.3, 0.4) is 0 Å². The maximum Gasteiger partial charge on any atom is 0.123 e. The maximum atomic E-state index is 5.82. The molecule has 4 heteroatoms. The van der Waals surface area contributed by atoms with Gasteiger partial charge in [0.05, 0.1) is 5.69 Å². The molecule has 1 aromatic heterocycles. The Kier molecular flexibility index (Phi) is 6.05. The van der Waals surface area contributed by atoms with E-state index in [0.717, 1.165) is 50.5 Å². The highest BCUT2D eigenvalue weighted by Gasteiger charge is 2.19. The topological polar surface area (TPSA) is 28.6 Å². The van der Waals surface area contributed by atoms with E-state index >= 15 is 0 Å². The highest BCUT2D eigenvalue weighted by atomic mass is 16.5. The van der Waals surface area contributed by atoms with Gasteiger partial charge in [0.2, 0.25) is 0 Å². The van der Waals surface area contributed by atoms with Crippen molar-refractivity contribution in [3.8, 4) is 5.75 Å². The first kappa shape index (κ1) is 17.9. The first-order valence-electron chi connectivity index (χ1n) is 9.15. The van der Waals surface area contributed by atoms with Crippen LogP contribution in [0.5, 0.6) is 5.75 Å². The SMILES string of the molecule is CC1Cc2cc(CN(CCCN(C)C)Cc3ccccn3)ccc2O1. The quantitative estimate of drug-likeness (QED) is 0.737. The van der Waals surface area contributed by atoms with Gasteiger partial charge in [-0.05, 0) is 63.3 Å². The van der Waals surface area contributed by atoms with Crippen LogP contribution in [0, 0.1) is 0 Å². The average molecular weight is 339 g/mol. The van der Waals surface area contributed by atoms with Gasteiger partial charge in [0.15, 0.2) is 0 Å². The van der Waals surface area contributed by atoms with Crippen LogP contribution < -0.4 is 4.74 Å². The maximum absolute atomic E-state index is 5.82. The second-order valence-electron chi connectivity index (χ2n) is 7.26. The zero-order valence-electron chi connectivity index (χ0n) is 15.6. The van der Waals surface area contributed by atoms with Gasteiger partial charge in [0.1, 0.15) is 11.9 Å². The van der Waals surface area contributed by atoms with Gasteiger partial charge in [-0.3, -0.25) is 9.88 Å². The van der Waals surface area contributed by atoms with Gasteiger partial charge in [-0.15, -0.1) is 0 Å². The molecule has 4 nitrogen and oxygen atoms in total. The highest BCUT2D eigenvalue weighted by molar-refractivity contribution is 5.40. The Bertz CT molecular complexity index is 672. The summed E-state index contributed by atoms with van der Waals surface area (Å²) in [5.74, 6) is 1.06. The highest BCUT2D eigenvalue weighted by Crippen LogP contribution is 2.29. The van der Waals surface area contributed by atoms with E-state index in [4.69, 9.17) is 4.74 Å². The molecule has 0 bridgehead atoms. The number of fused-ring (bicyclic) bond motifs is 1. The molecule has 2 heterocycles. The molecule has 0 amide bonds. The minimum Gasteiger partial charge on any atom is -0.490 e. The lowest BCUT2D eigenvalue weighted by molar-refractivity contribution is 0.237. The molecular formula is C21H29N3O. The van der Waals surface area contributed by atoms with Crippen molar-refractivity contribution in [1.29, 1.82) is 0 Å². The van der Waals surface area contributed by atoms with E-state index < -0.39 is 0 Å². The lowest BCUT2D eigenvalue weighted by Gasteiger charge is -2.23. The Hall–Kier alpha value is -1.91. The molecular weight excluding hydrogens is 310 g/mol. The Labute approximate surface area is 151 Å². The molecule has 0 saturated carbocycles. The standard InChI is InChI=1S/C21H29N3O/c1-17-13-19-14-18(8-9-21(19)25-17)15-24(12-6-11-23(2)3)16-20-7-4-5-10-22-20/h4-5,7-10,14,17H,6,11-13,15-16H2,1-3H3. The fourth-order valence-corrected chi connectivity index (χ4v) is 3.38. The van der Waals surface area contributed by atoms with E-state index in [-0.39, 0.29) is 0 Å². The van der Waals surface area contributed by atoms with Gasteiger partial charge < -0.3 is 9.64 Å². The van der Waals surface area contributed by atoms with Gasteiger partial charge in [0, 0.05) is 32.3 Å². The Morgan fingerprint density at radius 3 is 2.76 bits per heavy atom. The summed E-state index contributed by atoms with van der Waals surface area (Å²) in [5.41, 5.74) is 3.83. The first-order valence-corrected chi connectivity index (χ1v) is 9.15. The van der Waals surface area contributed by atoms with Crippen LogP contribution in [0.15, 0.2) is 42.6 Å². The second-order valence-corrected chi connectivity index (χ2v) is 7.26. The van der Waals surface area contributed by atoms with Crippen LogP contribution in [0.2, 0.25) is 0 Å². The number of hydrogen-bond donors (Lipinski definition) is 0. The van der Waals surface area contributed by atoms with Gasteiger partial charge in [-0.25, -0.2) is 0 Å². The average Bonchev–Trinajstić information content (AvgIpc) is 2.94. The molecule has 1 aromatic carbocycles. The molecule has 1 aliphatic heterocycles. The summed E-state index contributed by atoms with van der Waals surface area (Å²) < 4.78 is 5.82. The predicted molar refractivity (Wildman–Crippen MR) is 102 cm³/mol. The number of aromatic nitrogens is 1. The molecule has 0 fully saturated rings. The minimum atomic E-state index is 0.301. The van der Waals surface area contributed by atoms with Crippen molar-refractivity contribution >= 4 is 0 Å². The summed E-state index contributed by atoms with van der Waals surface area (Å²) >= 11 is 0. The summed E-state index contributed by atoms with van der Waals surface area (Å²) in [6.07, 6.45) is 4.35. The van der Waals surface area contributed by atoms with Crippen LogP contribution in [0.1, 0.15) is 30.2 Å². The minimum absolute atomic E-state index is 0.301. The van der Waals surface area contributed by atoms with Gasteiger partial charge in [-0.1, -0.05) is 18.2 Å². The van der Waals surface area contributed by atoms with Gasteiger partial charge in [0.25, 0.3) is 0 Å². The Morgan fingerprint density at radius 2 is 2.00 bits per heavy atom. The third-order valence-corrected chi connectivity index (χ3v) is 4.56. The van der Waals surface area contributed by atoms with Crippen molar-refractivity contribution in [2.45, 2.75) is 39.0 Å². The number of hydrogen-bond acceptors (Lipinski definition) is 4. The van der Waals surface area contributed by atoms with E-state index in [1.54, 1.807) is 0 Å². The smallest absolute Gasteiger partial charge is 0.123 e. The van der Waals surface area contributed by atoms with E-state index in [2.05, 4.69) is 66.1 Å². The molecule has 25 heavy (non-hydrogen) atoms. The van der Waals surface area contributed by atoms with Crippen molar-refractivity contribution in [3.05, 3.63) is 59.4 Å². The molecule has 0 aliphatic carbocycles. The van der Waals surface area contributed by atoms with Crippen molar-refractivity contribution < 1.29 is 4.74 Å². The second kappa shape index (κ2) is 8.45. The Balaban J connectivity index is 1.67. The molecule has 1 atom stereocenters. The number of ether oxygens (including phenoxy) is 1. The number of nitrogens with zero attached hydrogens (tertiary/aromatic N) is 3. The molecule has 0 spiro atoms. The fraction of sp³-hybridized carbons (Fsp3) is 0.476. The largest absolute Gasteiger partial charge is 0.490 e. The third-order valence-electron chi connectivity index (χ3n) is 4.56. The lowest BCUT2D eigenvalue weighted by atomic mass is 10.1. The fourth-order valence-electron chi connectivity index (χ4n) is 3.38. The van der Waals surface area contributed by atoms with Crippen LogP contribution >= 0.6 is 0 Å². The molecule has 2 aromatic rings. The van der Waals surface area contributed by atoms with Crippen molar-refractivity contribution in [3.63, 3.8) is 0 Å². The molecule has 0 N–H and O–H groups in total.